The van der Waals surface area contributed by atoms with Crippen LogP contribution in [0.1, 0.15) is 12.7 Å². The van der Waals surface area contributed by atoms with Crippen LogP contribution in [0, 0.1) is 6.92 Å². The van der Waals surface area contributed by atoms with E-state index < -0.39 is 0 Å². The minimum absolute atomic E-state index is 0.0490. The number of aromatic nitrogens is 2. The Morgan fingerprint density at radius 1 is 1.09 bits per heavy atom. The van der Waals surface area contributed by atoms with E-state index >= 15 is 0 Å². The number of thiophene rings is 1. The number of hydrogen-bond acceptors (Lipinski definition) is 7. The van der Waals surface area contributed by atoms with Crippen LogP contribution >= 0.6 is 23.1 Å². The van der Waals surface area contributed by atoms with Gasteiger partial charge in [-0.1, -0.05) is 42.1 Å². The lowest BCUT2D eigenvalue weighted by molar-refractivity contribution is -0.115. The Hall–Kier alpha value is -2.94. The largest absolute Gasteiger partial charge is 0.378 e. The van der Waals surface area contributed by atoms with Gasteiger partial charge in [-0.25, -0.2) is 9.97 Å². The highest BCUT2D eigenvalue weighted by atomic mass is 32.2. The molecule has 2 aromatic heterocycles. The average Bonchev–Trinajstić information content (AvgIpc) is 3.30. The summed E-state index contributed by atoms with van der Waals surface area (Å²) in [5, 5.41) is 4.57. The highest BCUT2D eigenvalue weighted by molar-refractivity contribution is 8.00. The first kappa shape index (κ1) is 22.8. The van der Waals surface area contributed by atoms with Gasteiger partial charge in [0.25, 0.3) is 0 Å². The number of anilines is 2. The van der Waals surface area contributed by atoms with Crippen molar-refractivity contribution in [3.63, 3.8) is 0 Å². The van der Waals surface area contributed by atoms with E-state index in [2.05, 4.69) is 38.4 Å². The zero-order chi connectivity index (χ0) is 23.5. The highest BCUT2D eigenvalue weighted by Crippen LogP contribution is 2.37. The lowest BCUT2D eigenvalue weighted by Crippen LogP contribution is -2.36. The van der Waals surface area contributed by atoms with Crippen molar-refractivity contribution in [3.05, 3.63) is 66.5 Å². The quantitative estimate of drug-likeness (QED) is 0.279. The van der Waals surface area contributed by atoms with E-state index in [0.29, 0.717) is 5.82 Å². The molecule has 174 valence electrons. The number of carbonyl (C=O) groups is 1. The molecule has 5 rings (SSSR count). The monoisotopic (exact) mass is 490 g/mol. The number of rotatable bonds is 6. The molecule has 1 atom stereocenters. The van der Waals surface area contributed by atoms with Crippen molar-refractivity contribution in [2.45, 2.75) is 24.1 Å². The van der Waals surface area contributed by atoms with Gasteiger partial charge in [-0.3, -0.25) is 4.79 Å². The van der Waals surface area contributed by atoms with Gasteiger partial charge in [0.05, 0.1) is 18.5 Å². The number of ether oxygens (including phenoxy) is 1. The first-order valence-electron chi connectivity index (χ1n) is 11.3. The normalized spacial score (nSPS) is 14.8. The third-order valence-electron chi connectivity index (χ3n) is 5.70. The number of aryl methyl sites for hydroxylation is 1. The predicted molar refractivity (Wildman–Crippen MR) is 141 cm³/mol. The van der Waals surface area contributed by atoms with Crippen LogP contribution in [0.15, 0.2) is 65.7 Å². The van der Waals surface area contributed by atoms with Gasteiger partial charge < -0.3 is 15.0 Å². The topological polar surface area (TPSA) is 67.4 Å². The molecule has 0 saturated carbocycles. The lowest BCUT2D eigenvalue weighted by Gasteiger charge is -2.28. The predicted octanol–water partition coefficient (Wildman–Crippen LogP) is 5.62. The molecule has 0 spiro atoms. The van der Waals surface area contributed by atoms with Crippen molar-refractivity contribution in [2.24, 2.45) is 0 Å². The number of hydrogen-bond donors (Lipinski definition) is 1. The summed E-state index contributed by atoms with van der Waals surface area (Å²) in [4.78, 5) is 26.6. The molecule has 1 aliphatic heterocycles. The number of amides is 1. The van der Waals surface area contributed by atoms with Gasteiger partial charge in [0, 0.05) is 34.7 Å². The fraction of sp³-hybridized carbons (Fsp3) is 0.269. The molecule has 0 bridgehead atoms. The smallest absolute Gasteiger partial charge is 0.237 e. The lowest BCUT2D eigenvalue weighted by atomic mass is 10.2. The highest BCUT2D eigenvalue weighted by Gasteiger charge is 2.20. The van der Waals surface area contributed by atoms with E-state index in [9.17, 15) is 4.79 Å². The Bertz CT molecular complexity index is 1290. The van der Waals surface area contributed by atoms with Crippen LogP contribution in [0.3, 0.4) is 0 Å². The van der Waals surface area contributed by atoms with Crippen molar-refractivity contribution >= 4 is 50.6 Å². The van der Waals surface area contributed by atoms with Gasteiger partial charge in [0.1, 0.15) is 15.7 Å². The summed E-state index contributed by atoms with van der Waals surface area (Å²) in [6.07, 6.45) is 0. The number of nitrogens with one attached hydrogen (secondary N) is 1. The molecule has 1 amide bonds. The van der Waals surface area contributed by atoms with Crippen LogP contribution in [-0.2, 0) is 9.53 Å². The summed E-state index contributed by atoms with van der Waals surface area (Å²) in [5.41, 5.74) is 3.10. The molecular formula is C26H26N4O2S2. The second-order valence-electron chi connectivity index (χ2n) is 8.17. The van der Waals surface area contributed by atoms with E-state index in [1.165, 1.54) is 11.8 Å². The van der Waals surface area contributed by atoms with Crippen LogP contribution in [0.4, 0.5) is 11.4 Å². The Balaban J connectivity index is 1.29. The van der Waals surface area contributed by atoms with Crippen LogP contribution < -0.4 is 10.2 Å². The maximum atomic E-state index is 13.0. The minimum atomic E-state index is -0.309. The van der Waals surface area contributed by atoms with Crippen LogP contribution in [0.2, 0.25) is 0 Å². The Morgan fingerprint density at radius 2 is 1.82 bits per heavy atom. The molecule has 1 saturated heterocycles. The van der Waals surface area contributed by atoms with Crippen molar-refractivity contribution in [3.8, 4) is 10.4 Å². The van der Waals surface area contributed by atoms with Crippen molar-refractivity contribution < 1.29 is 9.53 Å². The fourth-order valence-corrected chi connectivity index (χ4v) is 5.99. The summed E-state index contributed by atoms with van der Waals surface area (Å²) >= 11 is 3.12. The molecule has 0 unspecified atom stereocenters. The number of fused-ring (bicyclic) bond motifs is 1. The molecule has 1 N–H and O–H groups in total. The Kier molecular flexibility index (Phi) is 6.80. The molecule has 8 heteroatoms. The van der Waals surface area contributed by atoms with Crippen LogP contribution in [0.25, 0.3) is 20.7 Å². The van der Waals surface area contributed by atoms with E-state index in [1.807, 2.05) is 56.3 Å². The average molecular weight is 491 g/mol. The van der Waals surface area contributed by atoms with Gasteiger partial charge in [-0.2, -0.15) is 0 Å². The summed E-state index contributed by atoms with van der Waals surface area (Å²) in [6, 6.07) is 20.4. The number of morpholine rings is 1. The van der Waals surface area contributed by atoms with Crippen molar-refractivity contribution in [2.75, 3.05) is 36.5 Å². The molecule has 0 aliphatic carbocycles. The SMILES string of the molecule is Cc1nc(S[C@@H](C)C(=O)Nc2ccc(N3CCOCC3)cc2)c2cc(-c3ccccc3)sc2n1. The molecule has 3 heterocycles. The van der Waals surface area contributed by atoms with E-state index in [4.69, 9.17) is 4.74 Å². The van der Waals surface area contributed by atoms with Crippen LogP contribution in [-0.4, -0.2) is 47.4 Å². The van der Waals surface area contributed by atoms with E-state index in [0.717, 1.165) is 63.4 Å². The van der Waals surface area contributed by atoms with Crippen LogP contribution in [0.5, 0.6) is 0 Å². The number of benzene rings is 2. The molecule has 0 radical (unpaired) electrons. The second kappa shape index (κ2) is 10.1. The Morgan fingerprint density at radius 3 is 2.56 bits per heavy atom. The second-order valence-corrected chi connectivity index (χ2v) is 10.5. The molecule has 1 aliphatic rings. The molecular weight excluding hydrogens is 464 g/mol. The standard InChI is InChI=1S/C26H26N4O2S2/c1-17(24(31)29-20-8-10-21(11-9-20)30-12-14-32-15-13-30)33-25-22-16-23(19-6-4-3-5-7-19)34-26(22)28-18(2)27-25/h3-11,16-17H,12-15H2,1-2H3,(H,29,31)/t17-/m0/s1. The van der Waals surface area contributed by atoms with Gasteiger partial charge in [-0.05, 0) is 49.7 Å². The molecule has 1 fully saturated rings. The van der Waals surface area contributed by atoms with Gasteiger partial charge in [-0.15, -0.1) is 11.3 Å². The number of thioether (sulfide) groups is 1. The van der Waals surface area contributed by atoms with Gasteiger partial charge in [0.2, 0.25) is 5.91 Å². The maximum Gasteiger partial charge on any atom is 0.237 e. The van der Waals surface area contributed by atoms with E-state index in [1.54, 1.807) is 11.3 Å². The summed E-state index contributed by atoms with van der Waals surface area (Å²) in [6.45, 7) is 7.09. The Labute approximate surface area is 207 Å². The first-order chi connectivity index (χ1) is 16.6. The summed E-state index contributed by atoms with van der Waals surface area (Å²) < 4.78 is 5.42. The number of carbonyl (C=O) groups excluding carboxylic acids is 1. The maximum absolute atomic E-state index is 13.0. The fourth-order valence-electron chi connectivity index (χ4n) is 3.87. The molecule has 4 aromatic rings. The van der Waals surface area contributed by atoms with E-state index in [-0.39, 0.29) is 11.2 Å². The third kappa shape index (κ3) is 5.09. The zero-order valence-electron chi connectivity index (χ0n) is 19.2. The molecule has 34 heavy (non-hydrogen) atoms. The van der Waals surface area contributed by atoms with Gasteiger partial charge in [0.15, 0.2) is 0 Å². The summed E-state index contributed by atoms with van der Waals surface area (Å²) in [7, 11) is 0. The van der Waals surface area contributed by atoms with Crippen molar-refractivity contribution in [1.82, 2.24) is 9.97 Å². The minimum Gasteiger partial charge on any atom is -0.378 e. The zero-order valence-corrected chi connectivity index (χ0v) is 20.8. The van der Waals surface area contributed by atoms with Crippen molar-refractivity contribution in [1.29, 1.82) is 0 Å². The first-order valence-corrected chi connectivity index (χ1v) is 13.0. The van der Waals surface area contributed by atoms with Gasteiger partial charge >= 0.3 is 0 Å². The number of nitrogens with zero attached hydrogens (tertiary/aromatic N) is 3. The molecule has 6 nitrogen and oxygen atoms in total. The summed E-state index contributed by atoms with van der Waals surface area (Å²) in [5.74, 6) is 0.662. The molecule has 2 aromatic carbocycles. The third-order valence-corrected chi connectivity index (χ3v) is 7.88.